The number of hydrogen-bond donors (Lipinski definition) is 0. The Balaban J connectivity index is 1.52. The van der Waals surface area contributed by atoms with Crippen molar-refractivity contribution in [2.75, 3.05) is 4.90 Å². The highest BCUT2D eigenvalue weighted by Crippen LogP contribution is 2.37. The molecule has 1 amide bonds. The summed E-state index contributed by atoms with van der Waals surface area (Å²) < 4.78 is 2.69. The minimum atomic E-state index is -0.104. The van der Waals surface area contributed by atoms with Crippen molar-refractivity contribution < 1.29 is 4.79 Å². The van der Waals surface area contributed by atoms with E-state index in [4.69, 9.17) is 35.4 Å². The first-order chi connectivity index (χ1) is 15.5. The number of aromatic nitrogens is 1. The van der Waals surface area contributed by atoms with E-state index in [0.717, 1.165) is 27.7 Å². The van der Waals surface area contributed by atoms with Crippen molar-refractivity contribution in [3.8, 4) is 0 Å². The lowest BCUT2D eigenvalue weighted by Crippen LogP contribution is -2.27. The van der Waals surface area contributed by atoms with Crippen LogP contribution in [0.15, 0.2) is 83.9 Å². The van der Waals surface area contributed by atoms with Gasteiger partial charge in [0.05, 0.1) is 20.6 Å². The monoisotopic (exact) mass is 494 g/mol. The first-order valence-electron chi connectivity index (χ1n) is 9.86. The van der Waals surface area contributed by atoms with Gasteiger partial charge in [0.1, 0.15) is 0 Å². The van der Waals surface area contributed by atoms with E-state index in [2.05, 4.69) is 22.9 Å². The Hall–Kier alpha value is -2.57. The molecule has 3 nitrogen and oxygen atoms in total. The molecule has 0 bridgehead atoms. The minimum Gasteiger partial charge on any atom is -0.342 e. The summed E-state index contributed by atoms with van der Waals surface area (Å²) in [5.41, 5.74) is 3.86. The number of thiocarbonyl (C=S) groups is 1. The number of rotatable bonds is 4. The molecule has 0 spiro atoms. The summed E-state index contributed by atoms with van der Waals surface area (Å²) in [7, 11) is 0. The molecule has 0 N–H and O–H groups in total. The Morgan fingerprint density at radius 3 is 2.47 bits per heavy atom. The summed E-state index contributed by atoms with van der Waals surface area (Å²) >= 11 is 19.1. The number of amides is 1. The Labute approximate surface area is 205 Å². The summed E-state index contributed by atoms with van der Waals surface area (Å²) in [4.78, 5) is 15.3. The van der Waals surface area contributed by atoms with Gasteiger partial charge in [-0.15, -0.1) is 0 Å². The van der Waals surface area contributed by atoms with Crippen molar-refractivity contribution in [1.29, 1.82) is 0 Å². The Morgan fingerprint density at radius 1 is 0.938 bits per heavy atom. The van der Waals surface area contributed by atoms with E-state index >= 15 is 0 Å². The number of fused-ring (bicyclic) bond motifs is 1. The molecular weight excluding hydrogens is 479 g/mol. The highest BCUT2D eigenvalue weighted by Gasteiger charge is 2.33. The molecule has 7 heteroatoms. The second kappa shape index (κ2) is 8.75. The van der Waals surface area contributed by atoms with E-state index in [1.807, 2.05) is 60.7 Å². The van der Waals surface area contributed by atoms with Crippen LogP contribution in [-0.4, -0.2) is 14.8 Å². The second-order valence-corrected chi connectivity index (χ2v) is 9.82. The summed E-state index contributed by atoms with van der Waals surface area (Å²) in [6, 6.07) is 23.3. The molecule has 2 heterocycles. The van der Waals surface area contributed by atoms with Crippen LogP contribution in [0.2, 0.25) is 10.0 Å². The number of anilines is 1. The SMILES string of the molecule is O=C1/C(=C\c2cn(Cc3ccc(Cl)c(Cl)c3)c3ccccc23)SC(=S)N1c1ccccc1. The van der Waals surface area contributed by atoms with Crippen molar-refractivity contribution in [3.63, 3.8) is 0 Å². The van der Waals surface area contributed by atoms with Crippen LogP contribution in [0.3, 0.4) is 0 Å². The van der Waals surface area contributed by atoms with Gasteiger partial charge in [-0.25, -0.2) is 0 Å². The summed E-state index contributed by atoms with van der Waals surface area (Å²) in [6.45, 7) is 0.635. The molecule has 3 aromatic carbocycles. The van der Waals surface area contributed by atoms with Crippen LogP contribution in [0.5, 0.6) is 0 Å². The topological polar surface area (TPSA) is 25.2 Å². The van der Waals surface area contributed by atoms with Crippen LogP contribution in [-0.2, 0) is 11.3 Å². The van der Waals surface area contributed by atoms with Crippen molar-refractivity contribution in [3.05, 3.63) is 105 Å². The van der Waals surface area contributed by atoms with Crippen LogP contribution >= 0.6 is 47.2 Å². The van der Waals surface area contributed by atoms with E-state index in [0.29, 0.717) is 25.8 Å². The van der Waals surface area contributed by atoms with Gasteiger partial charge in [0.2, 0.25) is 0 Å². The number of benzene rings is 3. The standard InChI is InChI=1S/C25H16Cl2N2OS2/c26-20-11-10-16(12-21(20)27)14-28-15-17(19-8-4-5-9-22(19)28)13-23-24(30)29(25(31)32-23)18-6-2-1-3-7-18/h1-13,15H,14H2/b23-13+. The van der Waals surface area contributed by atoms with E-state index in [-0.39, 0.29) is 5.91 Å². The van der Waals surface area contributed by atoms with Crippen molar-refractivity contribution in [2.24, 2.45) is 0 Å². The maximum atomic E-state index is 13.1. The molecule has 0 aliphatic carbocycles. The maximum absolute atomic E-state index is 13.1. The molecule has 1 fully saturated rings. The van der Waals surface area contributed by atoms with Gasteiger partial charge < -0.3 is 4.57 Å². The molecule has 1 aliphatic heterocycles. The lowest BCUT2D eigenvalue weighted by Gasteiger charge is -2.13. The van der Waals surface area contributed by atoms with Gasteiger partial charge in [-0.3, -0.25) is 9.69 Å². The average Bonchev–Trinajstić information content (AvgIpc) is 3.28. The minimum absolute atomic E-state index is 0.104. The van der Waals surface area contributed by atoms with E-state index in [1.54, 1.807) is 11.0 Å². The first kappa shape index (κ1) is 21.3. The fraction of sp³-hybridized carbons (Fsp3) is 0.0400. The molecule has 0 saturated carbocycles. The molecule has 1 aromatic heterocycles. The molecule has 1 saturated heterocycles. The molecule has 0 radical (unpaired) electrons. The molecule has 158 valence electrons. The van der Waals surface area contributed by atoms with Crippen LogP contribution < -0.4 is 4.90 Å². The number of hydrogen-bond acceptors (Lipinski definition) is 3. The number of carbonyl (C=O) groups is 1. The fourth-order valence-electron chi connectivity index (χ4n) is 3.76. The lowest BCUT2D eigenvalue weighted by molar-refractivity contribution is -0.113. The number of para-hydroxylation sites is 2. The van der Waals surface area contributed by atoms with Gasteiger partial charge in [-0.2, -0.15) is 0 Å². The summed E-state index contributed by atoms with van der Waals surface area (Å²) in [6.07, 6.45) is 3.98. The highest BCUT2D eigenvalue weighted by atomic mass is 35.5. The molecular formula is C25H16Cl2N2OS2. The smallest absolute Gasteiger partial charge is 0.270 e. The average molecular weight is 495 g/mol. The van der Waals surface area contributed by atoms with Gasteiger partial charge in [-0.05, 0) is 42.0 Å². The van der Waals surface area contributed by atoms with Gasteiger partial charge in [-0.1, -0.05) is 89.6 Å². The summed E-state index contributed by atoms with van der Waals surface area (Å²) in [5, 5.41) is 2.14. The molecule has 1 aliphatic rings. The van der Waals surface area contributed by atoms with E-state index < -0.39 is 0 Å². The van der Waals surface area contributed by atoms with Gasteiger partial charge in [0.15, 0.2) is 4.32 Å². The zero-order valence-corrected chi connectivity index (χ0v) is 19.8. The third-order valence-electron chi connectivity index (χ3n) is 5.25. The number of thioether (sulfide) groups is 1. The van der Waals surface area contributed by atoms with Crippen molar-refractivity contribution in [1.82, 2.24) is 4.57 Å². The highest BCUT2D eigenvalue weighted by molar-refractivity contribution is 8.27. The fourth-order valence-corrected chi connectivity index (χ4v) is 5.37. The normalized spacial score (nSPS) is 15.3. The number of carbonyl (C=O) groups excluding carboxylic acids is 1. The zero-order valence-electron chi connectivity index (χ0n) is 16.7. The first-order valence-corrected chi connectivity index (χ1v) is 11.8. The van der Waals surface area contributed by atoms with Crippen LogP contribution in [0, 0.1) is 0 Å². The van der Waals surface area contributed by atoms with Gasteiger partial charge in [0.25, 0.3) is 5.91 Å². The molecule has 5 rings (SSSR count). The van der Waals surface area contributed by atoms with Crippen LogP contribution in [0.1, 0.15) is 11.1 Å². The Bertz CT molecular complexity index is 1400. The Morgan fingerprint density at radius 2 is 1.69 bits per heavy atom. The molecule has 0 unspecified atom stereocenters. The third kappa shape index (κ3) is 3.97. The van der Waals surface area contributed by atoms with Crippen LogP contribution in [0.25, 0.3) is 17.0 Å². The Kier molecular flexibility index (Phi) is 5.82. The summed E-state index contributed by atoms with van der Waals surface area (Å²) in [5.74, 6) is -0.104. The van der Waals surface area contributed by atoms with Crippen molar-refractivity contribution >= 4 is 80.1 Å². The lowest BCUT2D eigenvalue weighted by atomic mass is 10.1. The van der Waals surface area contributed by atoms with Crippen LogP contribution in [0.4, 0.5) is 5.69 Å². The molecule has 32 heavy (non-hydrogen) atoms. The predicted octanol–water partition coefficient (Wildman–Crippen LogP) is 7.40. The van der Waals surface area contributed by atoms with Gasteiger partial charge in [0, 0.05) is 29.2 Å². The second-order valence-electron chi connectivity index (χ2n) is 7.33. The van der Waals surface area contributed by atoms with Gasteiger partial charge >= 0.3 is 0 Å². The molecule has 0 atom stereocenters. The third-order valence-corrected chi connectivity index (χ3v) is 7.29. The number of nitrogens with zero attached hydrogens (tertiary/aromatic N) is 2. The largest absolute Gasteiger partial charge is 0.342 e. The van der Waals surface area contributed by atoms with Crippen molar-refractivity contribution in [2.45, 2.75) is 6.54 Å². The quantitative estimate of drug-likeness (QED) is 0.218. The zero-order chi connectivity index (χ0) is 22.2. The van der Waals surface area contributed by atoms with E-state index in [9.17, 15) is 4.79 Å². The molecule has 4 aromatic rings. The maximum Gasteiger partial charge on any atom is 0.270 e. The van der Waals surface area contributed by atoms with E-state index in [1.165, 1.54) is 11.8 Å². The predicted molar refractivity (Wildman–Crippen MR) is 140 cm³/mol. The number of halogens is 2.